The molecule has 3 aromatic rings. The van der Waals surface area contributed by atoms with Gasteiger partial charge in [0.05, 0.1) is 5.69 Å². The van der Waals surface area contributed by atoms with Crippen LogP contribution in [-0.2, 0) is 34.3 Å². The van der Waals surface area contributed by atoms with Crippen molar-refractivity contribution in [1.82, 2.24) is 0 Å². The van der Waals surface area contributed by atoms with Crippen molar-refractivity contribution in [3.63, 3.8) is 0 Å². The van der Waals surface area contributed by atoms with Gasteiger partial charge in [-0.05, 0) is 78.8 Å². The summed E-state index contributed by atoms with van der Waals surface area (Å²) in [7, 11) is -2.38. The number of fused-ring (bicyclic) bond motifs is 1. The number of sulfonamides is 1. The zero-order valence-corrected chi connectivity index (χ0v) is 19.3. The molecule has 1 N–H and O–H groups in total. The molecule has 0 radical (unpaired) electrons. The van der Waals surface area contributed by atoms with Crippen LogP contribution in [0.5, 0.6) is 5.75 Å². The van der Waals surface area contributed by atoms with Crippen LogP contribution >= 0.6 is 0 Å². The highest BCUT2D eigenvalue weighted by Crippen LogP contribution is 2.38. The molecule has 0 spiro atoms. The zero-order chi connectivity index (χ0) is 23.6. The first-order valence-electron chi connectivity index (χ1n) is 10.6. The summed E-state index contributed by atoms with van der Waals surface area (Å²) in [6.07, 6.45) is 5.46. The molecule has 0 saturated carbocycles. The lowest BCUT2D eigenvalue weighted by Gasteiger charge is -2.22. The number of hydrogen-bond donors (Lipinski definition) is 1. The Morgan fingerprint density at radius 3 is 2.45 bits per heavy atom. The van der Waals surface area contributed by atoms with Crippen molar-refractivity contribution < 1.29 is 27.5 Å². The normalized spacial score (nSPS) is 13.3. The first-order chi connectivity index (χ1) is 15.7. The van der Waals surface area contributed by atoms with E-state index in [-0.39, 0.29) is 11.7 Å². The highest BCUT2D eigenvalue weighted by molar-refractivity contribution is 7.92. The van der Waals surface area contributed by atoms with E-state index in [2.05, 4.69) is 0 Å². The lowest BCUT2D eigenvalue weighted by Crippen LogP contribution is -2.27. The van der Waals surface area contributed by atoms with Gasteiger partial charge in [0.1, 0.15) is 18.1 Å². The summed E-state index contributed by atoms with van der Waals surface area (Å²) in [6, 6.07) is 14.2. The second-order valence-electron chi connectivity index (χ2n) is 7.98. The van der Waals surface area contributed by atoms with Crippen LogP contribution in [0.15, 0.2) is 64.1 Å². The van der Waals surface area contributed by atoms with Gasteiger partial charge in [0.15, 0.2) is 0 Å². The van der Waals surface area contributed by atoms with Crippen molar-refractivity contribution in [2.45, 2.75) is 37.9 Å². The Labute approximate surface area is 193 Å². The van der Waals surface area contributed by atoms with Gasteiger partial charge in [-0.25, -0.2) is 4.79 Å². The van der Waals surface area contributed by atoms with Crippen molar-refractivity contribution in [1.29, 1.82) is 0 Å². The van der Waals surface area contributed by atoms with Gasteiger partial charge in [-0.15, -0.1) is 0 Å². The molecular weight excluding hydrogens is 442 g/mol. The van der Waals surface area contributed by atoms with Crippen LogP contribution in [0.1, 0.15) is 34.4 Å². The average molecular weight is 468 g/mol. The van der Waals surface area contributed by atoms with E-state index in [1.807, 2.05) is 24.3 Å². The standard InChI is InChI=1S/C25H25NO6S/c1-17-6-13-25(32-17)33(29,30)26(2)22-14-20-4-3-5-21(20)15-23(22)31-16-19-9-7-18(8-10-19)11-12-24(27)28/h6-15H,3-5,16H2,1-2H3,(H,27,28). The molecule has 1 aliphatic carbocycles. The predicted molar refractivity (Wildman–Crippen MR) is 125 cm³/mol. The van der Waals surface area contributed by atoms with E-state index in [0.29, 0.717) is 17.2 Å². The van der Waals surface area contributed by atoms with Crippen LogP contribution in [-0.4, -0.2) is 26.5 Å². The first kappa shape index (κ1) is 22.7. The quantitative estimate of drug-likeness (QED) is 0.487. The van der Waals surface area contributed by atoms with Crippen LogP contribution in [0, 0.1) is 6.92 Å². The molecule has 4 rings (SSSR count). The topological polar surface area (TPSA) is 97.0 Å². The molecule has 33 heavy (non-hydrogen) atoms. The minimum absolute atomic E-state index is 0.112. The molecule has 0 fully saturated rings. The summed E-state index contributed by atoms with van der Waals surface area (Å²) >= 11 is 0. The zero-order valence-electron chi connectivity index (χ0n) is 18.4. The summed E-state index contributed by atoms with van der Waals surface area (Å²) < 4.78 is 39.0. The Bertz CT molecular complexity index is 1310. The van der Waals surface area contributed by atoms with E-state index in [9.17, 15) is 13.2 Å². The third kappa shape index (κ3) is 4.96. The predicted octanol–water partition coefficient (Wildman–Crippen LogP) is 4.58. The van der Waals surface area contributed by atoms with Crippen LogP contribution in [0.3, 0.4) is 0 Å². The summed E-state index contributed by atoms with van der Waals surface area (Å²) in [6.45, 7) is 1.94. The number of rotatable bonds is 8. The molecule has 0 saturated heterocycles. The SMILES string of the molecule is Cc1ccc(S(=O)(=O)N(C)c2cc3c(cc2OCc2ccc(C=CC(=O)O)cc2)CCC3)o1. The van der Waals surface area contributed by atoms with E-state index in [0.717, 1.165) is 42.0 Å². The number of aryl methyl sites for hydroxylation is 3. The number of hydrogen-bond acceptors (Lipinski definition) is 5. The minimum Gasteiger partial charge on any atom is -0.487 e. The maximum Gasteiger partial charge on any atom is 0.328 e. The second kappa shape index (κ2) is 9.15. The fraction of sp³-hybridized carbons (Fsp3) is 0.240. The Hall–Kier alpha value is -3.52. The second-order valence-corrected chi connectivity index (χ2v) is 9.88. The highest BCUT2D eigenvalue weighted by Gasteiger charge is 2.28. The van der Waals surface area contributed by atoms with E-state index in [4.69, 9.17) is 14.3 Å². The lowest BCUT2D eigenvalue weighted by atomic mass is 10.1. The van der Waals surface area contributed by atoms with Crippen molar-refractivity contribution in [3.8, 4) is 5.75 Å². The Kier molecular flexibility index (Phi) is 6.29. The Morgan fingerprint density at radius 2 is 1.82 bits per heavy atom. The van der Waals surface area contributed by atoms with Gasteiger partial charge in [0.2, 0.25) is 5.09 Å². The van der Waals surface area contributed by atoms with Gasteiger partial charge in [-0.1, -0.05) is 24.3 Å². The van der Waals surface area contributed by atoms with Crippen molar-refractivity contribution in [2.24, 2.45) is 0 Å². The Morgan fingerprint density at radius 1 is 1.12 bits per heavy atom. The number of carboxylic acid groups (broad SMARTS) is 1. The van der Waals surface area contributed by atoms with Gasteiger partial charge in [0, 0.05) is 13.1 Å². The van der Waals surface area contributed by atoms with Gasteiger partial charge >= 0.3 is 5.97 Å². The van der Waals surface area contributed by atoms with E-state index >= 15 is 0 Å². The lowest BCUT2D eigenvalue weighted by molar-refractivity contribution is -0.131. The summed E-state index contributed by atoms with van der Waals surface area (Å²) in [4.78, 5) is 10.7. The number of furan rings is 1. The van der Waals surface area contributed by atoms with E-state index in [1.54, 1.807) is 25.1 Å². The maximum absolute atomic E-state index is 13.1. The fourth-order valence-corrected chi connectivity index (χ4v) is 4.97. The molecule has 1 aliphatic rings. The molecule has 7 nitrogen and oxygen atoms in total. The van der Waals surface area contributed by atoms with Crippen molar-refractivity contribution in [2.75, 3.05) is 11.4 Å². The van der Waals surface area contributed by atoms with Crippen LogP contribution in [0.2, 0.25) is 0 Å². The van der Waals surface area contributed by atoms with Crippen LogP contribution in [0.25, 0.3) is 6.08 Å². The molecule has 8 heteroatoms. The smallest absolute Gasteiger partial charge is 0.328 e. The number of benzene rings is 2. The molecule has 2 aromatic carbocycles. The van der Waals surface area contributed by atoms with Crippen molar-refractivity contribution >= 4 is 27.8 Å². The Balaban J connectivity index is 1.60. The van der Waals surface area contributed by atoms with Gasteiger partial charge in [-0.3, -0.25) is 4.31 Å². The molecular formula is C25H25NO6S. The fourth-order valence-electron chi connectivity index (χ4n) is 3.82. The largest absolute Gasteiger partial charge is 0.487 e. The van der Waals surface area contributed by atoms with Gasteiger partial charge < -0.3 is 14.3 Å². The number of carboxylic acids is 1. The summed E-state index contributed by atoms with van der Waals surface area (Å²) in [5.74, 6) is 0.00392. The van der Waals surface area contributed by atoms with E-state index in [1.165, 1.54) is 29.1 Å². The molecule has 0 aliphatic heterocycles. The highest BCUT2D eigenvalue weighted by atomic mass is 32.2. The molecule has 0 unspecified atom stereocenters. The molecule has 0 atom stereocenters. The summed E-state index contributed by atoms with van der Waals surface area (Å²) in [5, 5.41) is 8.64. The number of nitrogens with zero attached hydrogens (tertiary/aromatic N) is 1. The number of carbonyl (C=O) groups is 1. The van der Waals surface area contributed by atoms with Gasteiger partial charge in [-0.2, -0.15) is 8.42 Å². The van der Waals surface area contributed by atoms with Crippen LogP contribution < -0.4 is 9.04 Å². The minimum atomic E-state index is -3.88. The molecule has 0 amide bonds. The molecule has 172 valence electrons. The van der Waals surface area contributed by atoms with Crippen molar-refractivity contribution in [3.05, 3.63) is 82.6 Å². The number of aliphatic carboxylic acids is 1. The molecule has 1 heterocycles. The average Bonchev–Trinajstić information content (AvgIpc) is 3.44. The maximum atomic E-state index is 13.1. The third-order valence-corrected chi connectivity index (χ3v) is 7.28. The molecule has 1 aromatic heterocycles. The molecule has 0 bridgehead atoms. The number of anilines is 1. The summed E-state index contributed by atoms with van der Waals surface area (Å²) in [5.41, 5.74) is 4.40. The monoisotopic (exact) mass is 467 g/mol. The number of ether oxygens (including phenoxy) is 1. The van der Waals surface area contributed by atoms with Gasteiger partial charge in [0.25, 0.3) is 10.0 Å². The van der Waals surface area contributed by atoms with E-state index < -0.39 is 16.0 Å². The third-order valence-electron chi connectivity index (χ3n) is 5.64. The van der Waals surface area contributed by atoms with Crippen LogP contribution in [0.4, 0.5) is 5.69 Å². The first-order valence-corrected chi connectivity index (χ1v) is 12.0.